The van der Waals surface area contributed by atoms with Gasteiger partial charge in [-0.3, -0.25) is 9.59 Å². The van der Waals surface area contributed by atoms with Crippen LogP contribution in [0.5, 0.6) is 0 Å². The van der Waals surface area contributed by atoms with Crippen LogP contribution in [0.2, 0.25) is 0 Å². The molecule has 0 radical (unpaired) electrons. The summed E-state index contributed by atoms with van der Waals surface area (Å²) in [6.07, 6.45) is 2.59. The number of likely N-dealkylation sites (tertiary alicyclic amines) is 1. The maximum absolute atomic E-state index is 12.7. The van der Waals surface area contributed by atoms with Crippen molar-refractivity contribution in [3.05, 3.63) is 41.2 Å². The van der Waals surface area contributed by atoms with Gasteiger partial charge in [0.2, 0.25) is 11.8 Å². The number of hydrogen-bond acceptors (Lipinski definition) is 4. The lowest BCUT2D eigenvalue weighted by molar-refractivity contribution is -0.134. The normalized spacial score (nSPS) is 17.4. The average molecular weight is 379 g/mol. The molecule has 3 aromatic rings. The van der Waals surface area contributed by atoms with Crippen LogP contribution in [0.25, 0.3) is 16.6 Å². The fourth-order valence-corrected chi connectivity index (χ4v) is 4.16. The molecule has 7 nitrogen and oxygen atoms in total. The van der Waals surface area contributed by atoms with Crippen molar-refractivity contribution in [1.29, 1.82) is 0 Å². The minimum absolute atomic E-state index is 0.0653. The molecule has 1 aromatic carbocycles. The van der Waals surface area contributed by atoms with E-state index in [4.69, 9.17) is 10.7 Å². The first kappa shape index (κ1) is 18.4. The van der Waals surface area contributed by atoms with Gasteiger partial charge < -0.3 is 10.6 Å². The molecule has 1 fully saturated rings. The Morgan fingerprint density at radius 3 is 2.82 bits per heavy atom. The molecule has 2 N–H and O–H groups in total. The van der Waals surface area contributed by atoms with Gasteiger partial charge in [-0.25, -0.2) is 9.50 Å². The minimum atomic E-state index is -0.315. The monoisotopic (exact) mass is 379 g/mol. The number of fused-ring (bicyclic) bond motifs is 3. The van der Waals surface area contributed by atoms with Crippen molar-refractivity contribution in [2.45, 2.75) is 39.5 Å². The molecule has 2 amide bonds. The van der Waals surface area contributed by atoms with Gasteiger partial charge in [0, 0.05) is 36.3 Å². The van der Waals surface area contributed by atoms with E-state index in [9.17, 15) is 9.59 Å². The van der Waals surface area contributed by atoms with Crippen molar-refractivity contribution >= 4 is 28.4 Å². The maximum atomic E-state index is 12.7. The number of piperidine rings is 1. The SMILES string of the molecule is Cc1nc2c3ccccc3nn2c(C)c1CCC(=O)N1CCCC(C(N)=O)C1. The van der Waals surface area contributed by atoms with Crippen LogP contribution in [-0.2, 0) is 16.0 Å². The number of rotatable bonds is 4. The average Bonchev–Trinajstić information content (AvgIpc) is 3.06. The third kappa shape index (κ3) is 3.21. The molecule has 4 rings (SSSR count). The number of hydrogen-bond donors (Lipinski definition) is 1. The maximum Gasteiger partial charge on any atom is 0.222 e. The number of benzene rings is 1. The number of amides is 2. The van der Waals surface area contributed by atoms with Gasteiger partial charge in [0.1, 0.15) is 0 Å². The van der Waals surface area contributed by atoms with E-state index in [1.807, 2.05) is 42.6 Å². The molecular formula is C21H25N5O2. The number of aryl methyl sites for hydroxylation is 2. The van der Waals surface area contributed by atoms with E-state index in [2.05, 4.69) is 5.10 Å². The third-order valence-electron chi connectivity index (χ3n) is 5.78. The van der Waals surface area contributed by atoms with E-state index in [0.29, 0.717) is 25.9 Å². The first-order valence-electron chi connectivity index (χ1n) is 9.76. The lowest BCUT2D eigenvalue weighted by atomic mass is 9.97. The summed E-state index contributed by atoms with van der Waals surface area (Å²) in [6.45, 7) is 5.15. The van der Waals surface area contributed by atoms with Crippen LogP contribution in [0.4, 0.5) is 0 Å². The van der Waals surface area contributed by atoms with E-state index in [-0.39, 0.29) is 17.7 Å². The van der Waals surface area contributed by atoms with E-state index in [1.165, 1.54) is 0 Å². The summed E-state index contributed by atoms with van der Waals surface area (Å²) in [7, 11) is 0. The molecule has 0 bridgehead atoms. The van der Waals surface area contributed by atoms with Crippen molar-refractivity contribution in [3.8, 4) is 0 Å². The summed E-state index contributed by atoms with van der Waals surface area (Å²) in [5, 5.41) is 5.70. The molecule has 1 atom stereocenters. The molecule has 146 valence electrons. The van der Waals surface area contributed by atoms with Gasteiger partial charge in [-0.05, 0) is 50.8 Å². The van der Waals surface area contributed by atoms with Crippen LogP contribution in [0, 0.1) is 19.8 Å². The Kier molecular flexibility index (Phi) is 4.75. The zero-order valence-electron chi connectivity index (χ0n) is 16.3. The lowest BCUT2D eigenvalue weighted by Crippen LogP contribution is -2.44. The van der Waals surface area contributed by atoms with Crippen LogP contribution in [0.1, 0.15) is 36.2 Å². The van der Waals surface area contributed by atoms with Crippen LogP contribution < -0.4 is 5.73 Å². The lowest BCUT2D eigenvalue weighted by Gasteiger charge is -2.31. The largest absolute Gasteiger partial charge is 0.369 e. The van der Waals surface area contributed by atoms with Crippen molar-refractivity contribution < 1.29 is 9.59 Å². The van der Waals surface area contributed by atoms with Gasteiger partial charge >= 0.3 is 0 Å². The van der Waals surface area contributed by atoms with Gasteiger partial charge in [0.15, 0.2) is 5.65 Å². The molecule has 7 heteroatoms. The highest BCUT2D eigenvalue weighted by Crippen LogP contribution is 2.23. The molecular weight excluding hydrogens is 354 g/mol. The molecule has 0 spiro atoms. The number of primary amides is 1. The first-order chi connectivity index (χ1) is 13.5. The summed E-state index contributed by atoms with van der Waals surface area (Å²) in [5.41, 5.74) is 10.2. The second kappa shape index (κ2) is 7.22. The Bertz CT molecular complexity index is 1070. The van der Waals surface area contributed by atoms with E-state index < -0.39 is 0 Å². The Morgan fingerprint density at radius 1 is 1.25 bits per heavy atom. The Morgan fingerprint density at radius 2 is 2.04 bits per heavy atom. The fourth-order valence-electron chi connectivity index (χ4n) is 4.16. The Hall–Kier alpha value is -2.96. The molecule has 0 aliphatic carbocycles. The second-order valence-electron chi connectivity index (χ2n) is 7.60. The first-order valence-corrected chi connectivity index (χ1v) is 9.76. The van der Waals surface area contributed by atoms with E-state index in [1.54, 1.807) is 4.90 Å². The summed E-state index contributed by atoms with van der Waals surface area (Å²) < 4.78 is 1.88. The predicted molar refractivity (Wildman–Crippen MR) is 107 cm³/mol. The van der Waals surface area contributed by atoms with Crippen molar-refractivity contribution in [2.75, 3.05) is 13.1 Å². The number of nitrogens with zero attached hydrogens (tertiary/aromatic N) is 4. The van der Waals surface area contributed by atoms with Crippen LogP contribution >= 0.6 is 0 Å². The summed E-state index contributed by atoms with van der Waals surface area (Å²) >= 11 is 0. The standard InChI is InChI=1S/C21H25N5O2/c1-13-16(9-10-19(27)25-11-5-6-15(12-25)20(22)28)14(2)26-21(23-13)17-7-3-4-8-18(17)24-26/h3-4,7-8,15H,5-6,9-12H2,1-2H3,(H2,22,28). The number of aromatic nitrogens is 3. The summed E-state index contributed by atoms with van der Waals surface area (Å²) in [4.78, 5) is 30.7. The van der Waals surface area contributed by atoms with Gasteiger partial charge in [0.25, 0.3) is 0 Å². The Balaban J connectivity index is 1.55. The zero-order valence-corrected chi connectivity index (χ0v) is 16.3. The second-order valence-corrected chi connectivity index (χ2v) is 7.60. The third-order valence-corrected chi connectivity index (χ3v) is 5.78. The molecule has 1 aliphatic heterocycles. The highest BCUT2D eigenvalue weighted by atomic mass is 16.2. The smallest absolute Gasteiger partial charge is 0.222 e. The minimum Gasteiger partial charge on any atom is -0.369 e. The zero-order chi connectivity index (χ0) is 19.8. The highest BCUT2D eigenvalue weighted by molar-refractivity contribution is 5.92. The van der Waals surface area contributed by atoms with Gasteiger partial charge in [-0.2, -0.15) is 5.10 Å². The summed E-state index contributed by atoms with van der Waals surface area (Å²) in [5.74, 6) is -0.476. The van der Waals surface area contributed by atoms with Gasteiger partial charge in [0.05, 0.1) is 11.4 Å². The Labute approximate surface area is 163 Å². The molecule has 28 heavy (non-hydrogen) atoms. The van der Waals surface area contributed by atoms with Gasteiger partial charge in [-0.15, -0.1) is 0 Å². The highest BCUT2D eigenvalue weighted by Gasteiger charge is 2.27. The molecule has 1 unspecified atom stereocenters. The molecule has 1 saturated heterocycles. The van der Waals surface area contributed by atoms with Crippen molar-refractivity contribution in [2.24, 2.45) is 11.7 Å². The molecule has 0 saturated carbocycles. The van der Waals surface area contributed by atoms with Crippen molar-refractivity contribution in [3.63, 3.8) is 0 Å². The molecule has 2 aromatic heterocycles. The number of nitrogens with two attached hydrogens (primary N) is 1. The van der Waals surface area contributed by atoms with E-state index in [0.717, 1.165) is 46.3 Å². The molecule has 1 aliphatic rings. The van der Waals surface area contributed by atoms with Crippen LogP contribution in [0.15, 0.2) is 24.3 Å². The topological polar surface area (TPSA) is 93.6 Å². The fraction of sp³-hybridized carbons (Fsp3) is 0.429. The van der Waals surface area contributed by atoms with Gasteiger partial charge in [-0.1, -0.05) is 12.1 Å². The van der Waals surface area contributed by atoms with Crippen molar-refractivity contribution in [1.82, 2.24) is 19.5 Å². The quantitative estimate of drug-likeness (QED) is 0.752. The molecule has 3 heterocycles. The van der Waals surface area contributed by atoms with Crippen LogP contribution in [-0.4, -0.2) is 44.4 Å². The predicted octanol–water partition coefficient (Wildman–Crippen LogP) is 2.16. The van der Waals surface area contributed by atoms with Crippen LogP contribution in [0.3, 0.4) is 0 Å². The summed E-state index contributed by atoms with van der Waals surface area (Å²) in [6, 6.07) is 7.96. The van der Waals surface area contributed by atoms with E-state index >= 15 is 0 Å². The number of carbonyl (C=O) groups excluding carboxylic acids is 2. The number of carbonyl (C=O) groups is 2.